The first kappa shape index (κ1) is 11.1. The van der Waals surface area contributed by atoms with Crippen molar-refractivity contribution >= 4 is 5.91 Å². The number of carbonyl (C=O) groups is 1. The van der Waals surface area contributed by atoms with Crippen molar-refractivity contribution in [2.75, 3.05) is 6.61 Å². The molecule has 1 aromatic carbocycles. The molecule has 1 unspecified atom stereocenters. The molecule has 2 N–H and O–H groups in total. The number of amides is 1. The average Bonchev–Trinajstić information content (AvgIpc) is 2.57. The molecule has 0 aliphatic carbocycles. The van der Waals surface area contributed by atoms with Crippen LogP contribution in [0, 0.1) is 0 Å². The fourth-order valence-corrected chi connectivity index (χ4v) is 2.10. The number of aliphatic hydroxyl groups excluding tert-OH is 2. The van der Waals surface area contributed by atoms with Gasteiger partial charge in [-0.25, -0.2) is 0 Å². The summed E-state index contributed by atoms with van der Waals surface area (Å²) in [5.74, 6) is -0.205. The number of fused-ring (bicyclic) bond motifs is 1. The van der Waals surface area contributed by atoms with Gasteiger partial charge in [0, 0.05) is 11.1 Å². The van der Waals surface area contributed by atoms with Crippen LogP contribution in [-0.2, 0) is 0 Å². The molecule has 16 heavy (non-hydrogen) atoms. The zero-order valence-electron chi connectivity index (χ0n) is 9.13. The van der Waals surface area contributed by atoms with E-state index in [-0.39, 0.29) is 18.6 Å². The molecule has 4 heteroatoms. The molecule has 2 atom stereocenters. The van der Waals surface area contributed by atoms with E-state index in [1.54, 1.807) is 24.3 Å². The lowest BCUT2D eigenvalue weighted by molar-refractivity contribution is -0.0162. The van der Waals surface area contributed by atoms with Crippen molar-refractivity contribution in [2.24, 2.45) is 0 Å². The zero-order valence-corrected chi connectivity index (χ0v) is 9.13. The molecular weight excluding hydrogens is 206 g/mol. The number of hydrogen-bond donors (Lipinski definition) is 2. The predicted molar refractivity (Wildman–Crippen MR) is 58.7 cm³/mol. The Bertz CT molecular complexity index is 401. The fourth-order valence-electron chi connectivity index (χ4n) is 2.10. The van der Waals surface area contributed by atoms with Gasteiger partial charge in [-0.05, 0) is 12.5 Å². The highest BCUT2D eigenvalue weighted by atomic mass is 16.3. The molecule has 86 valence electrons. The summed E-state index contributed by atoms with van der Waals surface area (Å²) < 4.78 is 0. The van der Waals surface area contributed by atoms with Crippen molar-refractivity contribution in [3.63, 3.8) is 0 Å². The van der Waals surface area contributed by atoms with Gasteiger partial charge in [-0.3, -0.25) is 4.79 Å². The van der Waals surface area contributed by atoms with Crippen LogP contribution in [-0.4, -0.2) is 33.7 Å². The van der Waals surface area contributed by atoms with Crippen LogP contribution in [0.2, 0.25) is 0 Å². The van der Waals surface area contributed by atoms with Gasteiger partial charge >= 0.3 is 0 Å². The number of rotatable bonds is 3. The second-order valence-electron chi connectivity index (χ2n) is 3.92. The minimum atomic E-state index is -0.930. The van der Waals surface area contributed by atoms with E-state index in [0.29, 0.717) is 17.5 Å². The molecule has 1 aliphatic rings. The Morgan fingerprint density at radius 3 is 2.69 bits per heavy atom. The van der Waals surface area contributed by atoms with Crippen LogP contribution in [0.25, 0.3) is 0 Å². The van der Waals surface area contributed by atoms with E-state index in [9.17, 15) is 15.0 Å². The Kier molecular flexibility index (Phi) is 2.94. The van der Waals surface area contributed by atoms with Gasteiger partial charge in [0.25, 0.3) is 5.91 Å². The monoisotopic (exact) mass is 221 g/mol. The Morgan fingerprint density at radius 1 is 1.44 bits per heavy atom. The minimum absolute atomic E-state index is 0.132. The number of carbonyl (C=O) groups excluding carboxylic acids is 1. The standard InChI is InChI=1S/C12H15NO3/c1-2-8(7-14)13-11(15)9-5-3-4-6-10(9)12(13)16/h3-6,8,11,14-15H,2,7H2,1H3/t8-,11?/m1/s1. The summed E-state index contributed by atoms with van der Waals surface area (Å²) in [4.78, 5) is 13.4. The molecular formula is C12H15NO3. The number of aliphatic hydroxyl groups is 2. The van der Waals surface area contributed by atoms with Crippen LogP contribution in [0.3, 0.4) is 0 Å². The highest BCUT2D eigenvalue weighted by Crippen LogP contribution is 2.33. The summed E-state index contributed by atoms with van der Waals surface area (Å²) in [6.07, 6.45) is -0.311. The van der Waals surface area contributed by atoms with E-state index in [1.165, 1.54) is 4.90 Å². The van der Waals surface area contributed by atoms with Crippen LogP contribution in [0.15, 0.2) is 24.3 Å². The largest absolute Gasteiger partial charge is 0.394 e. The van der Waals surface area contributed by atoms with Gasteiger partial charge in [0.1, 0.15) is 0 Å². The molecule has 1 aromatic rings. The van der Waals surface area contributed by atoms with Gasteiger partial charge in [-0.15, -0.1) is 0 Å². The Hall–Kier alpha value is -1.39. The molecule has 1 amide bonds. The van der Waals surface area contributed by atoms with E-state index in [2.05, 4.69) is 0 Å². The summed E-state index contributed by atoms with van der Waals surface area (Å²) in [6, 6.07) is 6.67. The maximum absolute atomic E-state index is 12.0. The van der Waals surface area contributed by atoms with Crippen LogP contribution in [0.4, 0.5) is 0 Å². The quantitative estimate of drug-likeness (QED) is 0.797. The van der Waals surface area contributed by atoms with Crippen molar-refractivity contribution in [1.82, 2.24) is 4.90 Å². The van der Waals surface area contributed by atoms with Gasteiger partial charge in [-0.2, -0.15) is 0 Å². The number of benzene rings is 1. The molecule has 0 radical (unpaired) electrons. The normalized spacial score (nSPS) is 21.1. The highest BCUT2D eigenvalue weighted by Gasteiger charge is 2.38. The van der Waals surface area contributed by atoms with E-state index >= 15 is 0 Å². The summed E-state index contributed by atoms with van der Waals surface area (Å²) in [5, 5.41) is 19.2. The summed E-state index contributed by atoms with van der Waals surface area (Å²) in [6.45, 7) is 1.75. The SMILES string of the molecule is CC[C@H](CO)N1C(=O)c2ccccc2C1O. The lowest BCUT2D eigenvalue weighted by atomic mass is 10.1. The minimum Gasteiger partial charge on any atom is -0.394 e. The number of hydrogen-bond acceptors (Lipinski definition) is 3. The van der Waals surface area contributed by atoms with Crippen molar-refractivity contribution in [3.05, 3.63) is 35.4 Å². The lowest BCUT2D eigenvalue weighted by Gasteiger charge is -2.28. The average molecular weight is 221 g/mol. The van der Waals surface area contributed by atoms with Gasteiger partial charge in [-0.1, -0.05) is 25.1 Å². The Balaban J connectivity index is 2.38. The molecule has 0 saturated carbocycles. The molecule has 1 heterocycles. The van der Waals surface area contributed by atoms with E-state index < -0.39 is 6.23 Å². The van der Waals surface area contributed by atoms with Gasteiger partial charge in [0.05, 0.1) is 12.6 Å². The molecule has 0 spiro atoms. The first-order valence-corrected chi connectivity index (χ1v) is 5.41. The van der Waals surface area contributed by atoms with Crippen LogP contribution >= 0.6 is 0 Å². The van der Waals surface area contributed by atoms with E-state index in [4.69, 9.17) is 0 Å². The van der Waals surface area contributed by atoms with Crippen molar-refractivity contribution in [3.8, 4) is 0 Å². The lowest BCUT2D eigenvalue weighted by Crippen LogP contribution is -2.40. The fraction of sp³-hybridized carbons (Fsp3) is 0.417. The zero-order chi connectivity index (χ0) is 11.7. The molecule has 0 aromatic heterocycles. The van der Waals surface area contributed by atoms with Gasteiger partial charge in [0.15, 0.2) is 6.23 Å². The molecule has 0 bridgehead atoms. The van der Waals surface area contributed by atoms with Gasteiger partial charge < -0.3 is 15.1 Å². The predicted octanol–water partition coefficient (Wildman–Crippen LogP) is 0.904. The smallest absolute Gasteiger partial charge is 0.256 e. The van der Waals surface area contributed by atoms with Crippen molar-refractivity contribution in [1.29, 1.82) is 0 Å². The third kappa shape index (κ3) is 1.50. The Morgan fingerprint density at radius 2 is 2.12 bits per heavy atom. The van der Waals surface area contributed by atoms with E-state index in [0.717, 1.165) is 0 Å². The second-order valence-corrected chi connectivity index (χ2v) is 3.92. The maximum atomic E-state index is 12.0. The molecule has 0 saturated heterocycles. The van der Waals surface area contributed by atoms with Gasteiger partial charge in [0.2, 0.25) is 0 Å². The topological polar surface area (TPSA) is 60.8 Å². The summed E-state index contributed by atoms with van der Waals surface area (Å²) >= 11 is 0. The number of nitrogens with zero attached hydrogens (tertiary/aromatic N) is 1. The summed E-state index contributed by atoms with van der Waals surface area (Å²) in [7, 11) is 0. The van der Waals surface area contributed by atoms with Crippen molar-refractivity contribution in [2.45, 2.75) is 25.6 Å². The molecule has 2 rings (SSSR count). The van der Waals surface area contributed by atoms with Crippen LogP contribution in [0.5, 0.6) is 0 Å². The van der Waals surface area contributed by atoms with E-state index in [1.807, 2.05) is 6.92 Å². The third-order valence-corrected chi connectivity index (χ3v) is 3.04. The van der Waals surface area contributed by atoms with Crippen molar-refractivity contribution < 1.29 is 15.0 Å². The first-order valence-electron chi connectivity index (χ1n) is 5.41. The molecule has 1 aliphatic heterocycles. The highest BCUT2D eigenvalue weighted by molar-refractivity contribution is 5.99. The maximum Gasteiger partial charge on any atom is 0.256 e. The second kappa shape index (κ2) is 4.23. The summed E-state index contributed by atoms with van der Waals surface area (Å²) in [5.41, 5.74) is 1.15. The first-order chi connectivity index (χ1) is 7.70. The molecule has 4 nitrogen and oxygen atoms in total. The third-order valence-electron chi connectivity index (χ3n) is 3.04. The van der Waals surface area contributed by atoms with Crippen LogP contribution in [0.1, 0.15) is 35.5 Å². The molecule has 0 fully saturated rings. The Labute approximate surface area is 94.1 Å². The van der Waals surface area contributed by atoms with Crippen LogP contribution < -0.4 is 0 Å².